The highest BCUT2D eigenvalue weighted by Gasteiger charge is 2.36. The molecule has 30 heavy (non-hydrogen) atoms. The van der Waals surface area contributed by atoms with Crippen LogP contribution in [-0.4, -0.2) is 69.9 Å². The van der Waals surface area contributed by atoms with Crippen LogP contribution in [0.1, 0.15) is 45.0 Å². The van der Waals surface area contributed by atoms with Gasteiger partial charge in [-0.2, -0.15) is 0 Å². The molecule has 1 amide bonds. The number of hydrogen-bond acceptors (Lipinski definition) is 8. The van der Waals surface area contributed by atoms with Crippen molar-refractivity contribution in [3.05, 3.63) is 23.9 Å². The molecule has 3 rings (SSSR count). The number of benzene rings is 1. The summed E-state index contributed by atoms with van der Waals surface area (Å²) in [5.41, 5.74) is 1.19. The van der Waals surface area contributed by atoms with Crippen molar-refractivity contribution < 1.29 is 24.2 Å². The molecule has 0 bridgehead atoms. The predicted octanol–water partition coefficient (Wildman–Crippen LogP) is 2.96. The fraction of sp³-hybridized carbons (Fsp3) is 0.524. The van der Waals surface area contributed by atoms with Gasteiger partial charge in [0.15, 0.2) is 0 Å². The van der Waals surface area contributed by atoms with Gasteiger partial charge in [0.25, 0.3) is 0 Å². The van der Waals surface area contributed by atoms with Crippen LogP contribution in [0.5, 0.6) is 5.88 Å². The van der Waals surface area contributed by atoms with Gasteiger partial charge in [0, 0.05) is 13.1 Å². The minimum absolute atomic E-state index is 0.121. The first kappa shape index (κ1) is 21.6. The van der Waals surface area contributed by atoms with Gasteiger partial charge in [-0.1, -0.05) is 0 Å². The predicted molar refractivity (Wildman–Crippen MR) is 112 cm³/mol. The molecule has 1 saturated heterocycles. The molecule has 1 aromatic carbocycles. The Labute approximate surface area is 175 Å². The van der Waals surface area contributed by atoms with Gasteiger partial charge in [0.2, 0.25) is 5.88 Å². The molecule has 0 aliphatic carbocycles. The van der Waals surface area contributed by atoms with Crippen LogP contribution in [0.3, 0.4) is 0 Å². The second-order valence-electron chi connectivity index (χ2n) is 8.54. The zero-order chi connectivity index (χ0) is 22.2. The van der Waals surface area contributed by atoms with E-state index >= 15 is 0 Å². The number of rotatable bonds is 2. The summed E-state index contributed by atoms with van der Waals surface area (Å²) in [7, 11) is 1.30. The Morgan fingerprint density at radius 3 is 2.33 bits per heavy atom. The number of aromatic nitrogens is 2. The van der Waals surface area contributed by atoms with E-state index in [2.05, 4.69) is 14.9 Å². The number of aromatic hydroxyl groups is 1. The van der Waals surface area contributed by atoms with E-state index in [1.54, 1.807) is 17.0 Å². The van der Waals surface area contributed by atoms with E-state index < -0.39 is 11.6 Å². The molecule has 0 radical (unpaired) electrons. The Morgan fingerprint density at radius 1 is 1.13 bits per heavy atom. The van der Waals surface area contributed by atoms with E-state index in [0.717, 1.165) is 5.69 Å². The molecule has 1 fully saturated rings. The van der Waals surface area contributed by atoms with Crippen molar-refractivity contribution in [2.45, 2.75) is 52.3 Å². The van der Waals surface area contributed by atoms with E-state index in [4.69, 9.17) is 9.47 Å². The maximum Gasteiger partial charge on any atom is 0.410 e. The number of esters is 1. The van der Waals surface area contributed by atoms with E-state index in [0.29, 0.717) is 24.1 Å². The van der Waals surface area contributed by atoms with Gasteiger partial charge in [-0.25, -0.2) is 19.6 Å². The van der Waals surface area contributed by atoms with Crippen LogP contribution in [-0.2, 0) is 9.47 Å². The molecular formula is C21H28N4O5. The van der Waals surface area contributed by atoms with Crippen LogP contribution in [0, 0.1) is 0 Å². The van der Waals surface area contributed by atoms with Crippen molar-refractivity contribution in [3.63, 3.8) is 0 Å². The summed E-state index contributed by atoms with van der Waals surface area (Å²) in [5.74, 6) is -0.762. The van der Waals surface area contributed by atoms with Gasteiger partial charge >= 0.3 is 12.1 Å². The fourth-order valence-corrected chi connectivity index (χ4v) is 3.80. The molecule has 2 aromatic rings. The topological polar surface area (TPSA) is 105 Å². The summed E-state index contributed by atoms with van der Waals surface area (Å²) in [6.45, 7) is 10.5. The Balaban J connectivity index is 1.95. The lowest BCUT2D eigenvalue weighted by Gasteiger charge is -2.45. The summed E-state index contributed by atoms with van der Waals surface area (Å²) < 4.78 is 10.4. The number of anilines is 1. The van der Waals surface area contributed by atoms with Crippen molar-refractivity contribution in [2.75, 3.05) is 25.1 Å². The highest BCUT2D eigenvalue weighted by Crippen LogP contribution is 2.31. The normalized spacial score (nSPS) is 19.7. The molecule has 0 saturated carbocycles. The Kier molecular flexibility index (Phi) is 5.74. The number of amides is 1. The Bertz CT molecular complexity index is 960. The molecule has 2 atom stereocenters. The van der Waals surface area contributed by atoms with Crippen molar-refractivity contribution in [1.29, 1.82) is 0 Å². The highest BCUT2D eigenvalue weighted by atomic mass is 16.6. The number of piperazine rings is 1. The Hall–Kier alpha value is -3.10. The first-order valence-corrected chi connectivity index (χ1v) is 9.85. The summed E-state index contributed by atoms with van der Waals surface area (Å²) in [4.78, 5) is 37.0. The number of nitrogens with zero attached hydrogens (tertiary/aromatic N) is 4. The zero-order valence-corrected chi connectivity index (χ0v) is 18.2. The summed E-state index contributed by atoms with van der Waals surface area (Å²) in [5, 5.41) is 9.89. The lowest BCUT2D eigenvalue weighted by atomic mass is 10.1. The average molecular weight is 416 g/mol. The first-order chi connectivity index (χ1) is 14.0. The molecule has 0 spiro atoms. The number of carbonyl (C=O) groups excluding carboxylic acids is 2. The monoisotopic (exact) mass is 416 g/mol. The first-order valence-electron chi connectivity index (χ1n) is 9.85. The molecule has 1 N–H and O–H groups in total. The molecule has 1 aliphatic rings. The average Bonchev–Trinajstić information content (AvgIpc) is 2.64. The summed E-state index contributed by atoms with van der Waals surface area (Å²) in [6.07, 6.45) is 0.857. The lowest BCUT2D eigenvalue weighted by Crippen LogP contribution is -2.59. The maximum atomic E-state index is 12.7. The fourth-order valence-electron chi connectivity index (χ4n) is 3.80. The third kappa shape index (κ3) is 4.24. The van der Waals surface area contributed by atoms with Gasteiger partial charge in [-0.15, -0.1) is 0 Å². The van der Waals surface area contributed by atoms with E-state index in [9.17, 15) is 14.7 Å². The summed E-state index contributed by atoms with van der Waals surface area (Å²) in [6, 6.07) is 3.17. The number of hydrogen-bond donors (Lipinski definition) is 1. The highest BCUT2D eigenvalue weighted by molar-refractivity contribution is 6.05. The minimum Gasteiger partial charge on any atom is -0.492 e. The van der Waals surface area contributed by atoms with Crippen LogP contribution >= 0.6 is 0 Å². The van der Waals surface area contributed by atoms with Crippen LogP contribution in [0.2, 0.25) is 0 Å². The van der Waals surface area contributed by atoms with Gasteiger partial charge in [-0.3, -0.25) is 4.90 Å². The van der Waals surface area contributed by atoms with Crippen molar-refractivity contribution in [1.82, 2.24) is 14.9 Å². The lowest BCUT2D eigenvalue weighted by molar-refractivity contribution is 0.00566. The molecule has 9 nitrogen and oxygen atoms in total. The third-order valence-corrected chi connectivity index (χ3v) is 4.93. The molecule has 1 aromatic heterocycles. The molecule has 0 unspecified atom stereocenters. The number of carbonyl (C=O) groups is 2. The standard InChI is InChI=1S/C21H28N4O5/c1-12-10-24(11-13(2)25(12)20(28)30-21(3,4)5)15-8-7-14(19(27)29-6)17-18(15)23-16(26)9-22-17/h7-9,12-13H,10-11H2,1-6H3,(H,23,26)/t12-,13+. The molecule has 2 heterocycles. The largest absolute Gasteiger partial charge is 0.492 e. The van der Waals surface area contributed by atoms with E-state index in [1.807, 2.05) is 34.6 Å². The third-order valence-electron chi connectivity index (χ3n) is 4.93. The molecule has 162 valence electrons. The SMILES string of the molecule is COC(=O)c1ccc(N2C[C@@H](C)N(C(=O)OC(C)(C)C)[C@@H](C)C2)c2nc(O)cnc12. The zero-order valence-electron chi connectivity index (χ0n) is 18.2. The molecule has 1 aliphatic heterocycles. The van der Waals surface area contributed by atoms with Gasteiger partial charge in [-0.05, 0) is 46.8 Å². The van der Waals surface area contributed by atoms with Crippen molar-refractivity contribution >= 4 is 28.8 Å². The smallest absolute Gasteiger partial charge is 0.410 e. The second-order valence-corrected chi connectivity index (χ2v) is 8.54. The quantitative estimate of drug-likeness (QED) is 0.745. The van der Waals surface area contributed by atoms with Crippen molar-refractivity contribution in [3.8, 4) is 5.88 Å². The van der Waals surface area contributed by atoms with Crippen LogP contribution < -0.4 is 4.90 Å². The van der Waals surface area contributed by atoms with Crippen molar-refractivity contribution in [2.24, 2.45) is 0 Å². The molecular weight excluding hydrogens is 388 g/mol. The van der Waals surface area contributed by atoms with Crippen LogP contribution in [0.25, 0.3) is 11.0 Å². The molecule has 9 heteroatoms. The number of ether oxygens (including phenoxy) is 2. The number of fused-ring (bicyclic) bond motifs is 1. The van der Waals surface area contributed by atoms with Crippen LogP contribution in [0.4, 0.5) is 10.5 Å². The maximum absolute atomic E-state index is 12.7. The Morgan fingerprint density at radius 2 is 1.77 bits per heavy atom. The van der Waals surface area contributed by atoms with Gasteiger partial charge in [0.1, 0.15) is 16.6 Å². The summed E-state index contributed by atoms with van der Waals surface area (Å²) >= 11 is 0. The van der Waals surface area contributed by atoms with E-state index in [1.165, 1.54) is 13.3 Å². The van der Waals surface area contributed by atoms with Gasteiger partial charge < -0.3 is 19.5 Å². The van der Waals surface area contributed by atoms with E-state index in [-0.39, 0.29) is 29.6 Å². The number of methoxy groups -OCH3 is 1. The van der Waals surface area contributed by atoms with Gasteiger partial charge in [0.05, 0.1) is 36.6 Å². The van der Waals surface area contributed by atoms with Crippen LogP contribution in [0.15, 0.2) is 18.3 Å². The minimum atomic E-state index is -0.569. The second kappa shape index (κ2) is 7.97.